The summed E-state index contributed by atoms with van der Waals surface area (Å²) in [5, 5.41) is 17.2. The zero-order chi connectivity index (χ0) is 14.1. The number of rotatable bonds is 3. The van der Waals surface area contributed by atoms with Crippen LogP contribution in [0.2, 0.25) is 0 Å². The van der Waals surface area contributed by atoms with Gasteiger partial charge in [0.2, 0.25) is 0 Å². The van der Waals surface area contributed by atoms with E-state index in [2.05, 4.69) is 15.1 Å². The first-order valence-electron chi connectivity index (χ1n) is 6.53. The molecule has 0 saturated carbocycles. The minimum Gasteiger partial charge on any atom is -0.481 e. The number of carboxylic acid groups (broad SMARTS) is 1. The summed E-state index contributed by atoms with van der Waals surface area (Å²) in [5.41, 5.74) is 2.17. The van der Waals surface area contributed by atoms with E-state index in [0.29, 0.717) is 19.5 Å². The molecule has 1 atom stereocenters. The van der Waals surface area contributed by atoms with Gasteiger partial charge in [0, 0.05) is 19.3 Å². The lowest BCUT2D eigenvalue weighted by Crippen LogP contribution is -2.39. The molecule has 0 bridgehead atoms. The Morgan fingerprint density at radius 2 is 2.25 bits per heavy atom. The molecular formula is C14H16N4O2. The van der Waals surface area contributed by atoms with E-state index in [-0.39, 0.29) is 5.92 Å². The number of nitrogens with zero attached hydrogens (tertiary/aromatic N) is 4. The second kappa shape index (κ2) is 4.96. The highest BCUT2D eigenvalue weighted by atomic mass is 16.4. The van der Waals surface area contributed by atoms with Gasteiger partial charge in [-0.3, -0.25) is 4.79 Å². The zero-order valence-corrected chi connectivity index (χ0v) is 11.2. The number of fused-ring (bicyclic) bond motifs is 1. The lowest BCUT2D eigenvalue weighted by Gasteiger charge is -2.34. The van der Waals surface area contributed by atoms with Crippen molar-refractivity contribution in [1.82, 2.24) is 14.8 Å². The number of aliphatic carboxylic acids is 1. The van der Waals surface area contributed by atoms with Gasteiger partial charge in [-0.2, -0.15) is 0 Å². The topological polar surface area (TPSA) is 71.2 Å². The number of anilines is 1. The van der Waals surface area contributed by atoms with Gasteiger partial charge < -0.3 is 14.6 Å². The molecule has 0 spiro atoms. The fraction of sp³-hybridized carbons (Fsp3) is 0.357. The Morgan fingerprint density at radius 3 is 2.95 bits per heavy atom. The van der Waals surface area contributed by atoms with Crippen LogP contribution >= 0.6 is 0 Å². The van der Waals surface area contributed by atoms with Crippen molar-refractivity contribution < 1.29 is 9.90 Å². The summed E-state index contributed by atoms with van der Waals surface area (Å²) in [4.78, 5) is 13.4. The van der Waals surface area contributed by atoms with Crippen molar-refractivity contribution in [2.24, 2.45) is 13.0 Å². The maximum Gasteiger partial charge on any atom is 0.308 e. The summed E-state index contributed by atoms with van der Waals surface area (Å²) in [6.45, 7) is 1.07. The van der Waals surface area contributed by atoms with Gasteiger partial charge in [0.05, 0.1) is 12.5 Å². The molecule has 6 heteroatoms. The van der Waals surface area contributed by atoms with Crippen LogP contribution in [0.15, 0.2) is 30.6 Å². The standard InChI is InChI=1S/C14H16N4O2/c1-17-9-15-16-13(17)8-18-7-11(14(19)20)6-10-4-2-3-5-12(10)18/h2-5,9,11H,6-8H2,1H3,(H,19,20). The minimum absolute atomic E-state index is 0.377. The highest BCUT2D eigenvalue weighted by molar-refractivity contribution is 5.73. The van der Waals surface area contributed by atoms with E-state index >= 15 is 0 Å². The molecule has 1 aliphatic rings. The second-order valence-corrected chi connectivity index (χ2v) is 5.11. The molecule has 6 nitrogen and oxygen atoms in total. The molecule has 20 heavy (non-hydrogen) atoms. The van der Waals surface area contributed by atoms with Crippen molar-refractivity contribution >= 4 is 11.7 Å². The monoisotopic (exact) mass is 272 g/mol. The molecule has 1 unspecified atom stereocenters. The van der Waals surface area contributed by atoms with E-state index < -0.39 is 5.97 Å². The third-order valence-electron chi connectivity index (χ3n) is 3.73. The maximum absolute atomic E-state index is 11.3. The van der Waals surface area contributed by atoms with Gasteiger partial charge in [-0.1, -0.05) is 18.2 Å². The summed E-state index contributed by atoms with van der Waals surface area (Å²) < 4.78 is 1.85. The van der Waals surface area contributed by atoms with Gasteiger partial charge in [0.25, 0.3) is 0 Å². The lowest BCUT2D eigenvalue weighted by molar-refractivity contribution is -0.141. The molecule has 1 aromatic carbocycles. The van der Waals surface area contributed by atoms with Crippen molar-refractivity contribution in [2.45, 2.75) is 13.0 Å². The number of aryl methyl sites for hydroxylation is 1. The maximum atomic E-state index is 11.3. The molecule has 0 saturated heterocycles. The van der Waals surface area contributed by atoms with Crippen molar-refractivity contribution in [3.05, 3.63) is 42.0 Å². The summed E-state index contributed by atoms with van der Waals surface area (Å²) >= 11 is 0. The summed E-state index contributed by atoms with van der Waals surface area (Å²) in [5.74, 6) is -0.300. The molecule has 2 heterocycles. The number of hydrogen-bond donors (Lipinski definition) is 1. The average Bonchev–Trinajstić information content (AvgIpc) is 2.84. The Labute approximate surface area is 116 Å². The molecule has 2 aromatic rings. The summed E-state index contributed by atoms with van der Waals surface area (Å²) in [7, 11) is 1.89. The van der Waals surface area contributed by atoms with Crippen LogP contribution in [-0.4, -0.2) is 32.4 Å². The van der Waals surface area contributed by atoms with Gasteiger partial charge >= 0.3 is 5.97 Å². The Kier molecular flexibility index (Phi) is 3.14. The smallest absolute Gasteiger partial charge is 0.308 e. The van der Waals surface area contributed by atoms with Crippen LogP contribution in [0.25, 0.3) is 0 Å². The van der Waals surface area contributed by atoms with Crippen LogP contribution in [0.5, 0.6) is 0 Å². The Bertz CT molecular complexity index is 638. The quantitative estimate of drug-likeness (QED) is 0.905. The second-order valence-electron chi connectivity index (χ2n) is 5.11. The molecule has 3 rings (SSSR count). The zero-order valence-electron chi connectivity index (χ0n) is 11.2. The van der Waals surface area contributed by atoms with Crippen molar-refractivity contribution in [2.75, 3.05) is 11.4 Å². The Balaban J connectivity index is 1.92. The van der Waals surface area contributed by atoms with Crippen LogP contribution < -0.4 is 4.90 Å². The predicted molar refractivity (Wildman–Crippen MR) is 73.3 cm³/mol. The number of para-hydroxylation sites is 1. The number of aromatic nitrogens is 3. The first-order chi connectivity index (χ1) is 9.65. The fourth-order valence-electron chi connectivity index (χ4n) is 2.62. The third-order valence-corrected chi connectivity index (χ3v) is 3.73. The molecule has 0 radical (unpaired) electrons. The van der Waals surface area contributed by atoms with E-state index in [1.807, 2.05) is 35.9 Å². The van der Waals surface area contributed by atoms with Crippen molar-refractivity contribution in [1.29, 1.82) is 0 Å². The number of carbonyl (C=O) groups is 1. The number of benzene rings is 1. The molecule has 0 amide bonds. The van der Waals surface area contributed by atoms with E-state index in [4.69, 9.17) is 0 Å². The van der Waals surface area contributed by atoms with Crippen molar-refractivity contribution in [3.63, 3.8) is 0 Å². The number of hydrogen-bond acceptors (Lipinski definition) is 4. The number of carboxylic acids is 1. The van der Waals surface area contributed by atoms with Gasteiger partial charge in [-0.05, 0) is 18.1 Å². The van der Waals surface area contributed by atoms with E-state index in [1.165, 1.54) is 0 Å². The highest BCUT2D eigenvalue weighted by Gasteiger charge is 2.29. The van der Waals surface area contributed by atoms with E-state index in [1.54, 1.807) is 6.33 Å². The SMILES string of the molecule is Cn1cnnc1CN1CC(C(=O)O)Cc2ccccc21. The summed E-state index contributed by atoms with van der Waals surface area (Å²) in [6.07, 6.45) is 2.24. The molecule has 1 aliphatic heterocycles. The largest absolute Gasteiger partial charge is 0.481 e. The van der Waals surface area contributed by atoms with Crippen LogP contribution in [0.1, 0.15) is 11.4 Å². The van der Waals surface area contributed by atoms with Gasteiger partial charge in [0.1, 0.15) is 6.33 Å². The van der Waals surface area contributed by atoms with Crippen LogP contribution in [0, 0.1) is 5.92 Å². The average molecular weight is 272 g/mol. The first kappa shape index (κ1) is 12.7. The molecule has 1 aromatic heterocycles. The molecule has 0 aliphatic carbocycles. The van der Waals surface area contributed by atoms with Crippen LogP contribution in [-0.2, 0) is 24.8 Å². The summed E-state index contributed by atoms with van der Waals surface area (Å²) in [6, 6.07) is 7.95. The molecular weight excluding hydrogens is 256 g/mol. The van der Waals surface area contributed by atoms with Crippen LogP contribution in [0.3, 0.4) is 0 Å². The van der Waals surface area contributed by atoms with Gasteiger partial charge in [0.15, 0.2) is 5.82 Å². The highest BCUT2D eigenvalue weighted by Crippen LogP contribution is 2.30. The van der Waals surface area contributed by atoms with Crippen LogP contribution in [0.4, 0.5) is 5.69 Å². The first-order valence-corrected chi connectivity index (χ1v) is 6.53. The molecule has 1 N–H and O–H groups in total. The minimum atomic E-state index is -0.748. The van der Waals surface area contributed by atoms with Crippen molar-refractivity contribution in [3.8, 4) is 0 Å². The fourth-order valence-corrected chi connectivity index (χ4v) is 2.62. The molecule has 0 fully saturated rings. The predicted octanol–water partition coefficient (Wildman–Crippen LogP) is 1.08. The van der Waals surface area contributed by atoms with E-state index in [9.17, 15) is 9.90 Å². The molecule has 104 valence electrons. The Hall–Kier alpha value is -2.37. The van der Waals surface area contributed by atoms with Gasteiger partial charge in [-0.25, -0.2) is 0 Å². The normalized spacial score (nSPS) is 17.9. The Morgan fingerprint density at radius 1 is 1.45 bits per heavy atom. The lowest BCUT2D eigenvalue weighted by atomic mass is 9.92. The van der Waals surface area contributed by atoms with E-state index in [0.717, 1.165) is 17.1 Å². The third kappa shape index (κ3) is 2.24. The van der Waals surface area contributed by atoms with Gasteiger partial charge in [-0.15, -0.1) is 10.2 Å².